The molecule has 0 bridgehead atoms. The zero-order chi connectivity index (χ0) is 51.4. The average molecular weight is 1010 g/mol. The third-order valence-electron chi connectivity index (χ3n) is 14.2. The van der Waals surface area contributed by atoms with E-state index in [0.717, 1.165) is 34.5 Å². The van der Waals surface area contributed by atoms with E-state index in [0.29, 0.717) is 54.0 Å². The summed E-state index contributed by atoms with van der Waals surface area (Å²) in [6, 6.07) is 19.7. The Morgan fingerprint density at radius 2 is 1.62 bits per heavy atom. The molecule has 3 heterocycles. The van der Waals surface area contributed by atoms with Crippen molar-refractivity contribution in [1.82, 2.24) is 30.7 Å². The molecule has 2 aliphatic heterocycles. The molecule has 3 aromatic carbocycles. The van der Waals surface area contributed by atoms with Crippen LogP contribution in [0.25, 0.3) is 10.4 Å². The number of carbonyl (C=O) groups is 4. The fourth-order valence-corrected chi connectivity index (χ4v) is 11.6. The van der Waals surface area contributed by atoms with Gasteiger partial charge in [0.05, 0.1) is 58.1 Å². The lowest BCUT2D eigenvalue weighted by atomic mass is 9.49. The Morgan fingerprint density at radius 1 is 0.958 bits per heavy atom. The van der Waals surface area contributed by atoms with Crippen LogP contribution in [0, 0.1) is 34.5 Å². The van der Waals surface area contributed by atoms with Crippen LogP contribution in [0.1, 0.15) is 108 Å². The van der Waals surface area contributed by atoms with Gasteiger partial charge >= 0.3 is 0 Å². The van der Waals surface area contributed by atoms with Gasteiger partial charge in [0.15, 0.2) is 0 Å². The zero-order valence-electron chi connectivity index (χ0n) is 42.2. The van der Waals surface area contributed by atoms with E-state index >= 15 is 0 Å². The number of rotatable bonds is 17. The lowest BCUT2D eigenvalue weighted by Gasteiger charge is -2.63. The number of hydrogen-bond donors (Lipinski definition) is 4. The number of piperidine rings is 1. The lowest BCUT2D eigenvalue weighted by molar-refractivity contribution is -0.164. The molecule has 1 aliphatic carbocycles. The first-order valence-corrected chi connectivity index (χ1v) is 25.6. The third kappa shape index (κ3) is 12.4. The van der Waals surface area contributed by atoms with E-state index in [1.54, 1.807) is 53.8 Å². The fraction of sp³-hybridized carbons (Fsp3) is 0.519. The summed E-state index contributed by atoms with van der Waals surface area (Å²) >= 11 is 7.82. The number of aliphatic hydroxyl groups excluding tert-OH is 1. The fourth-order valence-electron chi connectivity index (χ4n) is 10.5. The summed E-state index contributed by atoms with van der Waals surface area (Å²) in [5.41, 5.74) is 4.17. The van der Waals surface area contributed by atoms with Gasteiger partial charge in [-0.1, -0.05) is 84.3 Å². The molecule has 3 aliphatic rings. The summed E-state index contributed by atoms with van der Waals surface area (Å²) < 4.78 is 18.4. The maximum atomic E-state index is 14.2. The second kappa shape index (κ2) is 22.0. The summed E-state index contributed by atoms with van der Waals surface area (Å²) in [5.74, 6) is -0.0495. The van der Waals surface area contributed by atoms with Crippen LogP contribution in [-0.4, -0.2) is 119 Å². The van der Waals surface area contributed by atoms with E-state index in [9.17, 15) is 29.5 Å². The predicted molar refractivity (Wildman–Crippen MR) is 273 cm³/mol. The number of nitrogens with zero attached hydrogens (tertiary/aromatic N) is 4. The number of hydrogen-bond acceptors (Lipinski definition) is 12. The second-order valence-electron chi connectivity index (χ2n) is 21.4. The first-order valence-electron chi connectivity index (χ1n) is 24.4. The largest absolute Gasteiger partial charge is 0.491 e. The normalized spacial score (nSPS) is 21.8. The maximum absolute atomic E-state index is 14.2. The van der Waals surface area contributed by atoms with Crippen molar-refractivity contribution < 1.29 is 38.5 Å². The molecule has 15 nitrogen and oxygen atoms in total. The number of likely N-dealkylation sites (tertiary alicyclic amines) is 2. The SMILES string of the molecule is Cc1ncsc1-c1ccc([C@H](C)NC(=O)C2C[C@@H](O)CN2C(=O)C(NC(=O)CN2CCC(OCCOc3ccc(C(=O)NC4C(C)(C)C(Oc5ccc(C#N)c(Cl)c5)C4(C)C)cc3)CC2)C(C)(C)C)cc1. The van der Waals surface area contributed by atoms with Crippen LogP contribution in [-0.2, 0) is 19.1 Å². The smallest absolute Gasteiger partial charge is 0.251 e. The van der Waals surface area contributed by atoms with Crippen molar-refractivity contribution in [2.75, 3.05) is 39.4 Å². The molecule has 17 heteroatoms. The van der Waals surface area contributed by atoms with Gasteiger partial charge in [0.1, 0.15) is 42.4 Å². The van der Waals surface area contributed by atoms with Gasteiger partial charge in [0.25, 0.3) is 5.91 Å². The molecule has 0 spiro atoms. The Hall–Kier alpha value is -5.57. The molecule has 2 unspecified atom stereocenters. The number of nitriles is 1. The van der Waals surface area contributed by atoms with Crippen molar-refractivity contribution in [3.05, 3.63) is 99.6 Å². The highest BCUT2D eigenvalue weighted by Crippen LogP contribution is 2.55. The quantitative estimate of drug-likeness (QED) is 0.0766. The topological polar surface area (TPSA) is 195 Å². The van der Waals surface area contributed by atoms with Gasteiger partial charge in [0, 0.05) is 54.6 Å². The highest BCUT2D eigenvalue weighted by molar-refractivity contribution is 7.13. The third-order valence-corrected chi connectivity index (χ3v) is 15.5. The van der Waals surface area contributed by atoms with E-state index in [2.05, 4.69) is 54.7 Å². The van der Waals surface area contributed by atoms with E-state index in [1.165, 1.54) is 4.90 Å². The molecule has 0 radical (unpaired) electrons. The van der Waals surface area contributed by atoms with Crippen LogP contribution >= 0.6 is 22.9 Å². The second-order valence-corrected chi connectivity index (χ2v) is 22.7. The maximum Gasteiger partial charge on any atom is 0.251 e. The molecular formula is C54H68ClN7O8S. The van der Waals surface area contributed by atoms with Crippen LogP contribution in [0.4, 0.5) is 0 Å². The number of carbonyl (C=O) groups excluding carboxylic acids is 4. The number of β-amino-alcohol motifs (C(OH)–C–C–N with tert-alkyl or cyclic N) is 1. The summed E-state index contributed by atoms with van der Waals surface area (Å²) in [4.78, 5) is 63.8. The Morgan fingerprint density at radius 3 is 2.23 bits per heavy atom. The molecule has 2 saturated heterocycles. The van der Waals surface area contributed by atoms with Crippen molar-refractivity contribution in [3.8, 4) is 28.0 Å². The number of aryl methyl sites for hydroxylation is 1. The van der Waals surface area contributed by atoms with E-state index in [4.69, 9.17) is 25.8 Å². The van der Waals surface area contributed by atoms with Crippen LogP contribution in [0.2, 0.25) is 5.02 Å². The Bertz CT molecular complexity index is 2570. The van der Waals surface area contributed by atoms with Crippen LogP contribution in [0.15, 0.2) is 72.2 Å². The van der Waals surface area contributed by atoms with E-state index < -0.39 is 40.3 Å². The number of amides is 4. The Balaban J connectivity index is 0.816. The molecule has 3 fully saturated rings. The monoisotopic (exact) mass is 1010 g/mol. The molecule has 71 heavy (non-hydrogen) atoms. The number of thiazole rings is 1. The molecule has 4 amide bonds. The molecule has 4 atom stereocenters. The predicted octanol–water partition coefficient (Wildman–Crippen LogP) is 7.49. The molecule has 7 rings (SSSR count). The molecule has 380 valence electrons. The van der Waals surface area contributed by atoms with Gasteiger partial charge in [-0.05, 0) is 79.6 Å². The molecular weight excluding hydrogens is 942 g/mol. The number of aliphatic hydroxyl groups is 1. The number of nitrogens with one attached hydrogen (secondary N) is 3. The highest BCUT2D eigenvalue weighted by Gasteiger charge is 2.64. The van der Waals surface area contributed by atoms with Gasteiger partial charge in [-0.15, -0.1) is 11.3 Å². The van der Waals surface area contributed by atoms with Gasteiger partial charge < -0.3 is 40.2 Å². The summed E-state index contributed by atoms with van der Waals surface area (Å²) in [5, 5.41) is 29.5. The first-order chi connectivity index (χ1) is 33.6. The summed E-state index contributed by atoms with van der Waals surface area (Å²) in [6.07, 6.45) is 0.465. The van der Waals surface area contributed by atoms with Crippen molar-refractivity contribution in [2.45, 2.75) is 124 Å². The van der Waals surface area contributed by atoms with Crippen molar-refractivity contribution in [2.24, 2.45) is 16.2 Å². The van der Waals surface area contributed by atoms with Crippen molar-refractivity contribution >= 4 is 46.6 Å². The van der Waals surface area contributed by atoms with Crippen molar-refractivity contribution in [3.63, 3.8) is 0 Å². The van der Waals surface area contributed by atoms with Crippen molar-refractivity contribution in [1.29, 1.82) is 5.26 Å². The summed E-state index contributed by atoms with van der Waals surface area (Å²) in [6.45, 7) is 19.8. The number of benzene rings is 3. The van der Waals surface area contributed by atoms with Crippen LogP contribution < -0.4 is 25.4 Å². The first kappa shape index (κ1) is 53.2. The Labute approximate surface area is 426 Å². The van der Waals surface area contributed by atoms with Gasteiger partial charge in [0.2, 0.25) is 17.7 Å². The van der Waals surface area contributed by atoms with Gasteiger partial charge in [-0.3, -0.25) is 24.1 Å². The molecule has 4 aromatic rings. The molecule has 1 saturated carbocycles. The van der Waals surface area contributed by atoms with E-state index in [-0.39, 0.29) is 61.5 Å². The molecule has 1 aromatic heterocycles. The van der Waals surface area contributed by atoms with Gasteiger partial charge in [-0.25, -0.2) is 4.98 Å². The van der Waals surface area contributed by atoms with Gasteiger partial charge in [-0.2, -0.15) is 5.26 Å². The highest BCUT2D eigenvalue weighted by atomic mass is 35.5. The van der Waals surface area contributed by atoms with Crippen LogP contribution in [0.3, 0.4) is 0 Å². The number of ether oxygens (including phenoxy) is 3. The zero-order valence-corrected chi connectivity index (χ0v) is 43.8. The lowest BCUT2D eigenvalue weighted by Crippen LogP contribution is -2.74. The number of halogens is 1. The average Bonchev–Trinajstić information content (AvgIpc) is 3.95. The Kier molecular flexibility index (Phi) is 16.5. The number of aromatic nitrogens is 1. The minimum atomic E-state index is -0.922. The molecule has 4 N–H and O–H groups in total. The van der Waals surface area contributed by atoms with Crippen LogP contribution in [0.5, 0.6) is 11.5 Å². The minimum Gasteiger partial charge on any atom is -0.491 e. The van der Waals surface area contributed by atoms with E-state index in [1.807, 2.05) is 69.3 Å². The minimum absolute atomic E-state index is 0.000369. The summed E-state index contributed by atoms with van der Waals surface area (Å²) in [7, 11) is 0. The standard InChI is InChI=1S/C54H68ClN7O8S/c1-32(34-10-12-35(13-11-34)45-33(2)57-31-71-45)58-48(66)43-26-38(63)29-62(43)49(67)46(52(3,4)5)59-44(64)30-61-22-20-40(21-23-61)69-25-24-68-39-17-14-36(15-18-39)47(65)60-50-53(6,7)51(54(50,8)9)70-41-19-16-37(28-56)42(55)27-41/h10-19,27,31-32,38,40,43,46,50-51,63H,20-26,29-30H2,1-9H3,(H,58,66)(H,59,64)(H,60,65)/t32-,38+,43?,46?,50?,51?/m0/s1.